The van der Waals surface area contributed by atoms with Gasteiger partial charge in [0.05, 0.1) is 0 Å². The van der Waals surface area contributed by atoms with Crippen LogP contribution in [-0.2, 0) is 28.6 Å². The summed E-state index contributed by atoms with van der Waals surface area (Å²) in [5.74, 6) is -0.881. The van der Waals surface area contributed by atoms with E-state index in [1.54, 1.807) is 0 Å². The first-order valence-corrected chi connectivity index (χ1v) is 25.3. The quantitative estimate of drug-likeness (QED) is 0.0263. The molecule has 1 atom stereocenters. The maximum absolute atomic E-state index is 12.8. The molecular formula is C52H96O6. The molecule has 0 aliphatic heterocycles. The lowest BCUT2D eigenvalue weighted by Crippen LogP contribution is -2.30. The van der Waals surface area contributed by atoms with E-state index in [0.717, 1.165) is 70.6 Å². The van der Waals surface area contributed by atoms with Gasteiger partial charge in [-0.2, -0.15) is 0 Å². The number of carbonyl (C=O) groups excluding carboxylic acids is 3. The third-order valence-corrected chi connectivity index (χ3v) is 11.2. The van der Waals surface area contributed by atoms with Crippen LogP contribution in [0.1, 0.15) is 271 Å². The lowest BCUT2D eigenvalue weighted by atomic mass is 10.0. The predicted octanol–water partition coefficient (Wildman–Crippen LogP) is 16.4. The minimum atomic E-state index is -0.773. The number of ether oxygens (including phenoxy) is 3. The van der Waals surface area contributed by atoms with E-state index in [-0.39, 0.29) is 31.1 Å². The molecule has 0 radical (unpaired) electrons. The van der Waals surface area contributed by atoms with E-state index < -0.39 is 6.10 Å². The summed E-state index contributed by atoms with van der Waals surface area (Å²) in [6, 6.07) is 0. The number of hydrogen-bond acceptors (Lipinski definition) is 6. The molecule has 0 aromatic rings. The molecule has 0 heterocycles. The Hall–Kier alpha value is -2.11. The van der Waals surface area contributed by atoms with Crippen LogP contribution >= 0.6 is 0 Å². The summed E-state index contributed by atoms with van der Waals surface area (Å²) < 4.78 is 16.8. The number of allylic oxidation sites excluding steroid dienone is 4. The molecule has 0 aliphatic carbocycles. The SMILES string of the molecule is CCCCCC/C=C\CCCCCCCC(=O)O[C@H](COC(=O)CCCCCCC/C=C\CCCCCCCC)COC(=O)CCCCCCCCCCCCCC. The molecule has 6 heteroatoms. The van der Waals surface area contributed by atoms with E-state index in [9.17, 15) is 14.4 Å². The van der Waals surface area contributed by atoms with Crippen molar-refractivity contribution in [2.45, 2.75) is 277 Å². The second kappa shape index (κ2) is 47.6. The Kier molecular flexibility index (Phi) is 45.8. The molecule has 0 fully saturated rings. The number of rotatable bonds is 46. The fraction of sp³-hybridized carbons (Fsp3) is 0.865. The highest BCUT2D eigenvalue weighted by Gasteiger charge is 2.19. The lowest BCUT2D eigenvalue weighted by molar-refractivity contribution is -0.167. The zero-order chi connectivity index (χ0) is 42.3. The third-order valence-electron chi connectivity index (χ3n) is 11.2. The molecule has 0 amide bonds. The third kappa shape index (κ3) is 45.0. The van der Waals surface area contributed by atoms with E-state index >= 15 is 0 Å². The summed E-state index contributed by atoms with van der Waals surface area (Å²) in [6.45, 7) is 6.62. The first-order chi connectivity index (χ1) is 28.5. The van der Waals surface area contributed by atoms with Gasteiger partial charge in [0.1, 0.15) is 13.2 Å². The molecule has 0 saturated heterocycles. The first kappa shape index (κ1) is 55.9. The van der Waals surface area contributed by atoms with Gasteiger partial charge in [0.2, 0.25) is 0 Å². The second-order valence-electron chi connectivity index (χ2n) is 17.1. The lowest BCUT2D eigenvalue weighted by Gasteiger charge is -2.18. The standard InChI is InChI=1S/C52H96O6/c1-4-7-10-13-16-19-22-25-26-28-30-33-36-39-42-45-51(54)57-48-49(47-56-50(53)44-41-38-35-32-29-24-21-18-15-12-9-6-3)58-52(55)46-43-40-37-34-31-27-23-20-17-14-11-8-5-2/h20,23,25-26,49H,4-19,21-22,24,27-48H2,1-3H3/b23-20-,26-25-/t49-/m0/s1. The fourth-order valence-electron chi connectivity index (χ4n) is 7.31. The number of carbonyl (C=O) groups is 3. The Bertz CT molecular complexity index is 942. The van der Waals surface area contributed by atoms with E-state index in [1.807, 2.05) is 0 Å². The molecule has 6 nitrogen and oxygen atoms in total. The molecule has 340 valence electrons. The van der Waals surface area contributed by atoms with Crippen molar-refractivity contribution in [1.82, 2.24) is 0 Å². The molecule has 0 saturated carbocycles. The van der Waals surface area contributed by atoms with E-state index in [2.05, 4.69) is 45.1 Å². The number of esters is 3. The predicted molar refractivity (Wildman–Crippen MR) is 247 cm³/mol. The van der Waals surface area contributed by atoms with Crippen molar-refractivity contribution in [3.8, 4) is 0 Å². The van der Waals surface area contributed by atoms with Crippen LogP contribution in [0.4, 0.5) is 0 Å². The van der Waals surface area contributed by atoms with Gasteiger partial charge in [-0.05, 0) is 70.6 Å². The van der Waals surface area contributed by atoms with Crippen LogP contribution in [0.25, 0.3) is 0 Å². The van der Waals surface area contributed by atoms with E-state index in [0.29, 0.717) is 19.3 Å². The Morgan fingerprint density at radius 3 is 0.879 bits per heavy atom. The van der Waals surface area contributed by atoms with Gasteiger partial charge < -0.3 is 14.2 Å². The molecule has 0 aliphatic rings. The van der Waals surface area contributed by atoms with Crippen LogP contribution in [-0.4, -0.2) is 37.2 Å². The molecule has 0 aromatic carbocycles. The van der Waals surface area contributed by atoms with Crippen molar-refractivity contribution in [3.63, 3.8) is 0 Å². The van der Waals surface area contributed by atoms with Gasteiger partial charge in [0, 0.05) is 19.3 Å². The highest BCUT2D eigenvalue weighted by molar-refractivity contribution is 5.71. The molecule has 58 heavy (non-hydrogen) atoms. The summed E-state index contributed by atoms with van der Waals surface area (Å²) in [5, 5.41) is 0. The van der Waals surface area contributed by atoms with Gasteiger partial charge in [-0.3, -0.25) is 14.4 Å². The summed E-state index contributed by atoms with van der Waals surface area (Å²) in [5.41, 5.74) is 0. The topological polar surface area (TPSA) is 78.9 Å². The molecule has 0 aromatic heterocycles. The Balaban J connectivity index is 4.36. The smallest absolute Gasteiger partial charge is 0.306 e. The highest BCUT2D eigenvalue weighted by Crippen LogP contribution is 2.15. The number of unbranched alkanes of at least 4 members (excludes halogenated alkanes) is 31. The van der Waals surface area contributed by atoms with Crippen molar-refractivity contribution in [2.24, 2.45) is 0 Å². The Labute approximate surface area is 360 Å². The Morgan fingerprint density at radius 1 is 0.328 bits per heavy atom. The average Bonchev–Trinajstić information content (AvgIpc) is 3.22. The molecule has 0 rings (SSSR count). The minimum absolute atomic E-state index is 0.0738. The van der Waals surface area contributed by atoms with Crippen LogP contribution < -0.4 is 0 Å². The molecular weight excluding hydrogens is 721 g/mol. The Morgan fingerprint density at radius 2 is 0.569 bits per heavy atom. The van der Waals surface area contributed by atoms with Crippen molar-refractivity contribution in [1.29, 1.82) is 0 Å². The zero-order valence-corrected chi connectivity index (χ0v) is 38.8. The molecule has 0 spiro atoms. The molecule has 0 unspecified atom stereocenters. The monoisotopic (exact) mass is 817 g/mol. The summed E-state index contributed by atoms with van der Waals surface area (Å²) >= 11 is 0. The number of hydrogen-bond donors (Lipinski definition) is 0. The summed E-state index contributed by atoms with van der Waals surface area (Å²) in [7, 11) is 0. The molecule has 0 bridgehead atoms. The van der Waals surface area contributed by atoms with Gasteiger partial charge in [-0.15, -0.1) is 0 Å². The van der Waals surface area contributed by atoms with Gasteiger partial charge in [0.15, 0.2) is 6.10 Å². The summed E-state index contributed by atoms with van der Waals surface area (Å²) in [4.78, 5) is 37.9. The minimum Gasteiger partial charge on any atom is -0.462 e. The van der Waals surface area contributed by atoms with Crippen LogP contribution in [0.3, 0.4) is 0 Å². The van der Waals surface area contributed by atoms with Gasteiger partial charge in [-0.25, -0.2) is 0 Å². The van der Waals surface area contributed by atoms with Crippen LogP contribution in [0.15, 0.2) is 24.3 Å². The highest BCUT2D eigenvalue weighted by atomic mass is 16.6. The molecule has 0 N–H and O–H groups in total. The largest absolute Gasteiger partial charge is 0.462 e. The van der Waals surface area contributed by atoms with Crippen LogP contribution in [0.2, 0.25) is 0 Å². The van der Waals surface area contributed by atoms with Crippen molar-refractivity contribution in [3.05, 3.63) is 24.3 Å². The van der Waals surface area contributed by atoms with Gasteiger partial charge >= 0.3 is 17.9 Å². The summed E-state index contributed by atoms with van der Waals surface area (Å²) in [6.07, 6.45) is 53.0. The first-order valence-electron chi connectivity index (χ1n) is 25.3. The maximum atomic E-state index is 12.8. The van der Waals surface area contributed by atoms with Crippen molar-refractivity contribution >= 4 is 17.9 Å². The fourth-order valence-corrected chi connectivity index (χ4v) is 7.31. The van der Waals surface area contributed by atoms with Crippen molar-refractivity contribution < 1.29 is 28.6 Å². The van der Waals surface area contributed by atoms with Gasteiger partial charge in [-0.1, -0.05) is 206 Å². The second-order valence-corrected chi connectivity index (χ2v) is 17.1. The van der Waals surface area contributed by atoms with E-state index in [1.165, 1.54) is 161 Å². The van der Waals surface area contributed by atoms with Crippen LogP contribution in [0, 0.1) is 0 Å². The zero-order valence-electron chi connectivity index (χ0n) is 38.8. The van der Waals surface area contributed by atoms with Crippen LogP contribution in [0.5, 0.6) is 0 Å². The normalized spacial score (nSPS) is 12.1. The van der Waals surface area contributed by atoms with Crippen molar-refractivity contribution in [2.75, 3.05) is 13.2 Å². The van der Waals surface area contributed by atoms with E-state index in [4.69, 9.17) is 14.2 Å². The average molecular weight is 817 g/mol. The maximum Gasteiger partial charge on any atom is 0.306 e. The van der Waals surface area contributed by atoms with Gasteiger partial charge in [0.25, 0.3) is 0 Å².